The third kappa shape index (κ3) is 3.35. The quantitative estimate of drug-likeness (QED) is 0.643. The first kappa shape index (κ1) is 14.5. The predicted octanol–water partition coefficient (Wildman–Crippen LogP) is 2.31. The molecule has 1 aliphatic heterocycles. The van der Waals surface area contributed by atoms with Crippen LogP contribution < -0.4 is 5.32 Å². The number of nitro groups is 1. The smallest absolute Gasteiger partial charge is 0.407 e. The number of anilines is 1. The Balaban J connectivity index is 2.04. The van der Waals surface area contributed by atoms with Crippen LogP contribution >= 0.6 is 15.9 Å². The molecule has 20 heavy (non-hydrogen) atoms. The van der Waals surface area contributed by atoms with Crippen LogP contribution in [0, 0.1) is 10.1 Å². The molecule has 1 fully saturated rings. The Labute approximate surface area is 123 Å². The van der Waals surface area contributed by atoms with Gasteiger partial charge in [-0.3, -0.25) is 10.1 Å². The predicted molar refractivity (Wildman–Crippen MR) is 74.8 cm³/mol. The molecule has 0 spiro atoms. The van der Waals surface area contributed by atoms with E-state index in [-0.39, 0.29) is 17.5 Å². The molecule has 1 aromatic heterocycles. The lowest BCUT2D eigenvalue weighted by Crippen LogP contribution is -2.41. The first-order valence-corrected chi connectivity index (χ1v) is 6.81. The highest BCUT2D eigenvalue weighted by Gasteiger charge is 2.25. The van der Waals surface area contributed by atoms with Crippen LogP contribution in [0.1, 0.15) is 12.8 Å². The van der Waals surface area contributed by atoms with Gasteiger partial charge in [0.1, 0.15) is 0 Å². The van der Waals surface area contributed by atoms with Crippen molar-refractivity contribution in [2.75, 3.05) is 18.4 Å². The summed E-state index contributed by atoms with van der Waals surface area (Å²) in [5.41, 5.74) is -0.0972. The van der Waals surface area contributed by atoms with Gasteiger partial charge in [0.05, 0.1) is 4.92 Å². The maximum Gasteiger partial charge on any atom is 0.407 e. The van der Waals surface area contributed by atoms with Crippen LogP contribution in [0.4, 0.5) is 16.3 Å². The Kier molecular flexibility index (Phi) is 4.38. The Bertz CT molecular complexity index is 531. The summed E-state index contributed by atoms with van der Waals surface area (Å²) in [5.74, 6) is 0.215. The van der Waals surface area contributed by atoms with Gasteiger partial charge < -0.3 is 15.3 Å². The van der Waals surface area contributed by atoms with Gasteiger partial charge in [-0.15, -0.1) is 0 Å². The molecule has 2 heterocycles. The molecule has 1 aromatic rings. The zero-order chi connectivity index (χ0) is 14.7. The van der Waals surface area contributed by atoms with E-state index < -0.39 is 11.0 Å². The van der Waals surface area contributed by atoms with Crippen LogP contribution in [-0.2, 0) is 0 Å². The third-order valence-electron chi connectivity index (χ3n) is 3.14. The fourth-order valence-corrected chi connectivity index (χ4v) is 2.41. The van der Waals surface area contributed by atoms with E-state index in [0.717, 1.165) is 0 Å². The molecule has 9 heteroatoms. The number of halogens is 1. The molecule has 108 valence electrons. The van der Waals surface area contributed by atoms with Crippen molar-refractivity contribution in [3.05, 3.63) is 26.9 Å². The monoisotopic (exact) mass is 344 g/mol. The van der Waals surface area contributed by atoms with Crippen molar-refractivity contribution < 1.29 is 14.8 Å². The van der Waals surface area contributed by atoms with Gasteiger partial charge in [0, 0.05) is 35.9 Å². The van der Waals surface area contributed by atoms with Crippen molar-refractivity contribution in [3.8, 4) is 0 Å². The molecular formula is C11H13BrN4O4. The molecule has 0 radical (unpaired) electrons. The van der Waals surface area contributed by atoms with Gasteiger partial charge in [0.2, 0.25) is 5.82 Å². The number of nitrogens with zero attached hydrogens (tertiary/aromatic N) is 3. The van der Waals surface area contributed by atoms with Crippen molar-refractivity contribution >= 4 is 33.5 Å². The highest BCUT2D eigenvalue weighted by atomic mass is 79.9. The van der Waals surface area contributed by atoms with Crippen LogP contribution in [-0.4, -0.2) is 45.1 Å². The highest BCUT2D eigenvalue weighted by Crippen LogP contribution is 2.27. The number of rotatable bonds is 3. The largest absolute Gasteiger partial charge is 0.465 e. The van der Waals surface area contributed by atoms with Crippen molar-refractivity contribution in [1.82, 2.24) is 9.88 Å². The average molecular weight is 345 g/mol. The van der Waals surface area contributed by atoms with Crippen LogP contribution in [0.2, 0.25) is 0 Å². The molecular weight excluding hydrogens is 332 g/mol. The number of pyridine rings is 1. The second-order valence-corrected chi connectivity index (χ2v) is 5.38. The highest BCUT2D eigenvalue weighted by molar-refractivity contribution is 9.10. The molecule has 0 unspecified atom stereocenters. The second-order valence-electron chi connectivity index (χ2n) is 4.47. The van der Waals surface area contributed by atoms with Gasteiger partial charge >= 0.3 is 11.8 Å². The van der Waals surface area contributed by atoms with Gasteiger partial charge in [0.25, 0.3) is 0 Å². The number of carboxylic acid groups (broad SMARTS) is 1. The number of likely N-dealkylation sites (tertiary alicyclic amines) is 1. The molecule has 8 nitrogen and oxygen atoms in total. The lowest BCUT2D eigenvalue weighted by Gasteiger charge is -2.30. The van der Waals surface area contributed by atoms with Crippen molar-refractivity contribution in [2.24, 2.45) is 0 Å². The van der Waals surface area contributed by atoms with Crippen molar-refractivity contribution in [3.63, 3.8) is 0 Å². The first-order chi connectivity index (χ1) is 9.47. The zero-order valence-electron chi connectivity index (χ0n) is 10.5. The molecule has 2 rings (SSSR count). The Morgan fingerprint density at radius 1 is 1.55 bits per heavy atom. The number of hydrogen-bond acceptors (Lipinski definition) is 5. The lowest BCUT2D eigenvalue weighted by atomic mass is 10.1. The molecule has 1 aliphatic rings. The fraction of sp³-hybridized carbons (Fsp3) is 0.455. The summed E-state index contributed by atoms with van der Waals surface area (Å²) >= 11 is 3.15. The van der Waals surface area contributed by atoms with Gasteiger partial charge in [-0.25, -0.2) is 9.78 Å². The van der Waals surface area contributed by atoms with Gasteiger partial charge in [-0.05, 0) is 28.8 Å². The summed E-state index contributed by atoms with van der Waals surface area (Å²) in [7, 11) is 0. The molecule has 0 atom stereocenters. The fourth-order valence-electron chi connectivity index (χ4n) is 2.09. The van der Waals surface area contributed by atoms with E-state index in [9.17, 15) is 14.9 Å². The van der Waals surface area contributed by atoms with Crippen molar-refractivity contribution in [2.45, 2.75) is 18.9 Å². The van der Waals surface area contributed by atoms with Crippen molar-refractivity contribution in [1.29, 1.82) is 0 Å². The summed E-state index contributed by atoms with van der Waals surface area (Å²) in [6.45, 7) is 0.828. The SMILES string of the molecule is O=C(O)N1CCC(Nc2ncc(Br)cc2[N+](=O)[O-])CC1. The first-order valence-electron chi connectivity index (χ1n) is 6.01. The van der Waals surface area contributed by atoms with E-state index in [1.807, 2.05) is 0 Å². The van der Waals surface area contributed by atoms with E-state index in [2.05, 4.69) is 26.2 Å². The van der Waals surface area contributed by atoms with E-state index in [0.29, 0.717) is 30.4 Å². The molecule has 0 saturated carbocycles. The normalized spacial score (nSPS) is 15.9. The van der Waals surface area contributed by atoms with Crippen LogP contribution in [0.25, 0.3) is 0 Å². The average Bonchev–Trinajstić information content (AvgIpc) is 2.41. The number of nitrogens with one attached hydrogen (secondary N) is 1. The number of piperidine rings is 1. The zero-order valence-corrected chi connectivity index (χ0v) is 12.0. The van der Waals surface area contributed by atoms with Crippen LogP contribution in [0.15, 0.2) is 16.7 Å². The standard InChI is InChI=1S/C11H13BrN4O4/c12-7-5-9(16(19)20)10(13-6-7)14-8-1-3-15(4-2-8)11(17)18/h5-6,8H,1-4H2,(H,13,14)(H,17,18). The maximum absolute atomic E-state index is 11.0. The second kappa shape index (κ2) is 6.04. The summed E-state index contributed by atoms with van der Waals surface area (Å²) in [6.07, 6.45) is 1.75. The molecule has 0 aliphatic carbocycles. The summed E-state index contributed by atoms with van der Waals surface area (Å²) in [5, 5.41) is 22.9. The van der Waals surface area contributed by atoms with E-state index in [1.54, 1.807) is 0 Å². The molecule has 0 bridgehead atoms. The van der Waals surface area contributed by atoms with Crippen LogP contribution in [0.3, 0.4) is 0 Å². The summed E-state index contributed by atoms with van der Waals surface area (Å²) < 4.78 is 0.537. The molecule has 1 saturated heterocycles. The van der Waals surface area contributed by atoms with Gasteiger partial charge in [0.15, 0.2) is 0 Å². The summed E-state index contributed by atoms with van der Waals surface area (Å²) in [6, 6.07) is 1.37. The minimum Gasteiger partial charge on any atom is -0.465 e. The Hall–Kier alpha value is -1.90. The lowest BCUT2D eigenvalue weighted by molar-refractivity contribution is -0.384. The van der Waals surface area contributed by atoms with Gasteiger partial charge in [-0.2, -0.15) is 0 Å². The third-order valence-corrected chi connectivity index (χ3v) is 3.57. The minimum absolute atomic E-state index is 0.0158. The van der Waals surface area contributed by atoms with E-state index in [1.165, 1.54) is 17.2 Å². The van der Waals surface area contributed by atoms with Gasteiger partial charge in [-0.1, -0.05) is 0 Å². The molecule has 0 aromatic carbocycles. The topological polar surface area (TPSA) is 109 Å². The molecule has 2 N–H and O–H groups in total. The Morgan fingerprint density at radius 2 is 2.20 bits per heavy atom. The summed E-state index contributed by atoms with van der Waals surface area (Å²) in [4.78, 5) is 26.6. The number of amides is 1. The molecule has 1 amide bonds. The van der Waals surface area contributed by atoms with E-state index in [4.69, 9.17) is 5.11 Å². The van der Waals surface area contributed by atoms with E-state index >= 15 is 0 Å². The van der Waals surface area contributed by atoms with Crippen LogP contribution in [0.5, 0.6) is 0 Å². The Morgan fingerprint density at radius 3 is 2.75 bits per heavy atom. The minimum atomic E-state index is -0.934. The number of hydrogen-bond donors (Lipinski definition) is 2. The number of aromatic nitrogens is 1. The number of carbonyl (C=O) groups is 1. The maximum atomic E-state index is 11.0.